The number of aromatic nitrogens is 2. The Morgan fingerprint density at radius 2 is 2.15 bits per heavy atom. The quantitative estimate of drug-likeness (QED) is 0.306. The van der Waals surface area contributed by atoms with Gasteiger partial charge in [-0.1, -0.05) is 23.7 Å². The van der Waals surface area contributed by atoms with E-state index in [-0.39, 0.29) is 0 Å². The molecule has 7 nitrogen and oxygen atoms in total. The monoisotopic (exact) mass is 482 g/mol. The summed E-state index contributed by atoms with van der Waals surface area (Å²) in [6, 6.07) is 12.9. The fourth-order valence-corrected chi connectivity index (χ4v) is 5.19. The lowest BCUT2D eigenvalue weighted by atomic mass is 9.92. The van der Waals surface area contributed by atoms with Crippen LogP contribution in [0.15, 0.2) is 48.7 Å². The Morgan fingerprint density at radius 1 is 1.33 bits per heavy atom. The van der Waals surface area contributed by atoms with Crippen LogP contribution in [0.25, 0.3) is 10.9 Å². The van der Waals surface area contributed by atoms with E-state index in [4.69, 9.17) is 16.3 Å². The third-order valence-corrected chi connectivity index (χ3v) is 6.90. The molecule has 4 aromatic rings. The highest BCUT2D eigenvalue weighted by molar-refractivity contribution is 7.15. The molecule has 3 heterocycles. The predicted molar refractivity (Wildman–Crippen MR) is 131 cm³/mol. The number of nitrogens with one attached hydrogen (secondary N) is 2. The zero-order chi connectivity index (χ0) is 22.9. The molecule has 0 radical (unpaired) electrons. The number of anilines is 1. The second-order valence-electron chi connectivity index (χ2n) is 7.96. The molecule has 2 aromatic heterocycles. The molecule has 33 heavy (non-hydrogen) atoms. The van der Waals surface area contributed by atoms with Gasteiger partial charge < -0.3 is 20.1 Å². The molecular weight excluding hydrogens is 460 g/mol. The van der Waals surface area contributed by atoms with Crippen molar-refractivity contribution in [3.05, 3.63) is 75.4 Å². The van der Waals surface area contributed by atoms with Crippen LogP contribution in [-0.4, -0.2) is 45.8 Å². The average molecular weight is 483 g/mol. The van der Waals surface area contributed by atoms with Gasteiger partial charge in [0.05, 0.1) is 6.54 Å². The third-order valence-electron chi connectivity index (χ3n) is 5.80. The molecule has 0 saturated carbocycles. The number of ether oxygens (including phenoxy) is 1. The summed E-state index contributed by atoms with van der Waals surface area (Å²) in [6.07, 6.45) is 1.54. The van der Waals surface area contributed by atoms with Gasteiger partial charge in [0.25, 0.3) is 0 Å². The van der Waals surface area contributed by atoms with Crippen molar-refractivity contribution in [1.29, 1.82) is 0 Å². The molecule has 0 saturated heterocycles. The lowest BCUT2D eigenvalue weighted by Crippen LogP contribution is -2.39. The summed E-state index contributed by atoms with van der Waals surface area (Å²) >= 11 is 7.83. The minimum absolute atomic E-state index is 0.415. The molecule has 9 heteroatoms. The van der Waals surface area contributed by atoms with E-state index in [9.17, 15) is 9.90 Å². The molecule has 1 aliphatic heterocycles. The van der Waals surface area contributed by atoms with E-state index in [1.165, 1.54) is 4.90 Å². The van der Waals surface area contributed by atoms with Gasteiger partial charge in [-0.15, -0.1) is 11.3 Å². The van der Waals surface area contributed by atoms with Crippen molar-refractivity contribution in [2.24, 2.45) is 0 Å². The number of aromatic amines is 1. The summed E-state index contributed by atoms with van der Waals surface area (Å²) in [5.74, 6) is 0.734. The Balaban J connectivity index is 1.35. The van der Waals surface area contributed by atoms with Crippen molar-refractivity contribution in [3.63, 3.8) is 0 Å². The molecule has 1 aliphatic rings. The second kappa shape index (κ2) is 8.96. The number of benzene rings is 2. The molecule has 170 valence electrons. The number of halogens is 1. The van der Waals surface area contributed by atoms with Gasteiger partial charge in [-0.05, 0) is 54.8 Å². The largest absolute Gasteiger partial charge is 0.492 e. The van der Waals surface area contributed by atoms with Crippen molar-refractivity contribution < 1.29 is 14.6 Å². The van der Waals surface area contributed by atoms with Crippen LogP contribution in [0.3, 0.4) is 0 Å². The van der Waals surface area contributed by atoms with Crippen molar-refractivity contribution in [3.8, 4) is 5.75 Å². The Labute approximate surface area is 200 Å². The Bertz CT molecular complexity index is 1300. The number of amides is 1. The first-order valence-electron chi connectivity index (χ1n) is 10.7. The topological polar surface area (TPSA) is 90.5 Å². The number of aryl methyl sites for hydroxylation is 1. The van der Waals surface area contributed by atoms with Gasteiger partial charge in [0, 0.05) is 39.2 Å². The zero-order valence-corrected chi connectivity index (χ0v) is 19.5. The van der Waals surface area contributed by atoms with Gasteiger partial charge in [0.15, 0.2) is 5.13 Å². The number of fused-ring (bicyclic) bond motifs is 3. The van der Waals surface area contributed by atoms with Gasteiger partial charge in [0.2, 0.25) is 0 Å². The second-order valence-corrected chi connectivity index (χ2v) is 9.63. The summed E-state index contributed by atoms with van der Waals surface area (Å²) in [4.78, 5) is 22.4. The van der Waals surface area contributed by atoms with Crippen LogP contribution >= 0.6 is 22.9 Å². The van der Waals surface area contributed by atoms with E-state index < -0.39 is 12.1 Å². The first-order chi connectivity index (χ1) is 16.0. The van der Waals surface area contributed by atoms with E-state index in [1.807, 2.05) is 55.6 Å². The SMILES string of the molecule is Cc1cnc(NCCOc2ccc(C3c4[nH]c5ccc(Cl)cc5c4CCN3C(=O)O)cc2)s1. The molecule has 2 aromatic carbocycles. The maximum Gasteiger partial charge on any atom is 0.408 e. The predicted octanol–water partition coefficient (Wildman–Crippen LogP) is 5.70. The zero-order valence-electron chi connectivity index (χ0n) is 18.0. The van der Waals surface area contributed by atoms with E-state index >= 15 is 0 Å². The maximum absolute atomic E-state index is 12.0. The van der Waals surface area contributed by atoms with Crippen LogP contribution in [0, 0.1) is 6.92 Å². The van der Waals surface area contributed by atoms with Gasteiger partial charge in [-0.25, -0.2) is 9.78 Å². The minimum Gasteiger partial charge on any atom is -0.492 e. The molecule has 0 fully saturated rings. The molecular formula is C24H23ClN4O3S. The van der Waals surface area contributed by atoms with E-state index in [0.717, 1.165) is 43.5 Å². The summed E-state index contributed by atoms with van der Waals surface area (Å²) < 4.78 is 5.84. The highest BCUT2D eigenvalue weighted by atomic mass is 35.5. The Hall–Kier alpha value is -3.23. The van der Waals surface area contributed by atoms with E-state index in [1.54, 1.807) is 11.3 Å². The van der Waals surface area contributed by atoms with E-state index in [0.29, 0.717) is 31.1 Å². The van der Waals surface area contributed by atoms with Crippen LogP contribution < -0.4 is 10.1 Å². The van der Waals surface area contributed by atoms with Gasteiger partial charge in [0.1, 0.15) is 18.4 Å². The smallest absolute Gasteiger partial charge is 0.408 e. The first-order valence-corrected chi connectivity index (χ1v) is 11.9. The summed E-state index contributed by atoms with van der Waals surface area (Å²) in [6.45, 7) is 3.58. The molecule has 1 atom stereocenters. The van der Waals surface area contributed by atoms with Gasteiger partial charge >= 0.3 is 6.09 Å². The Kier molecular flexibility index (Phi) is 5.86. The van der Waals surface area contributed by atoms with Crippen molar-refractivity contribution in [1.82, 2.24) is 14.9 Å². The molecule has 3 N–H and O–H groups in total. The lowest BCUT2D eigenvalue weighted by molar-refractivity contribution is 0.128. The van der Waals surface area contributed by atoms with E-state index in [2.05, 4.69) is 15.3 Å². The van der Waals surface area contributed by atoms with Crippen LogP contribution in [-0.2, 0) is 6.42 Å². The highest BCUT2D eigenvalue weighted by Gasteiger charge is 2.34. The number of hydrogen-bond acceptors (Lipinski definition) is 5. The normalized spacial score (nSPS) is 15.5. The Morgan fingerprint density at radius 3 is 2.88 bits per heavy atom. The van der Waals surface area contributed by atoms with Crippen molar-refractivity contribution in [2.45, 2.75) is 19.4 Å². The van der Waals surface area contributed by atoms with Crippen LogP contribution in [0.1, 0.15) is 27.7 Å². The highest BCUT2D eigenvalue weighted by Crippen LogP contribution is 2.39. The number of H-pyrrole nitrogens is 1. The standard InChI is InChI=1S/C24H23ClN4O3S/c1-14-13-27-23(33-14)26-9-11-32-17-5-2-15(3-6-17)22-21-18(8-10-29(22)24(30)31)19-12-16(25)4-7-20(19)28-21/h2-7,12-13,22,28H,8-11H2,1H3,(H,26,27)(H,30,31). The molecule has 1 amide bonds. The molecule has 0 aliphatic carbocycles. The number of carbonyl (C=O) groups is 1. The summed E-state index contributed by atoms with van der Waals surface area (Å²) in [7, 11) is 0. The van der Waals surface area contributed by atoms with Crippen LogP contribution in [0.2, 0.25) is 5.02 Å². The number of rotatable bonds is 6. The van der Waals surface area contributed by atoms with Crippen LogP contribution in [0.4, 0.5) is 9.93 Å². The van der Waals surface area contributed by atoms with Gasteiger partial charge in [-0.2, -0.15) is 0 Å². The molecule has 1 unspecified atom stereocenters. The molecule has 0 bridgehead atoms. The first kappa shape index (κ1) is 21.6. The number of nitrogens with zero attached hydrogens (tertiary/aromatic N) is 2. The summed E-state index contributed by atoms with van der Waals surface area (Å²) in [5, 5.41) is 15.7. The summed E-state index contributed by atoms with van der Waals surface area (Å²) in [5.41, 5.74) is 3.88. The molecule has 5 rings (SSSR count). The fraction of sp³-hybridized carbons (Fsp3) is 0.250. The average Bonchev–Trinajstić information content (AvgIpc) is 3.39. The number of hydrogen-bond donors (Lipinski definition) is 3. The number of thiazole rings is 1. The lowest BCUT2D eigenvalue weighted by Gasteiger charge is -2.34. The minimum atomic E-state index is -0.939. The maximum atomic E-state index is 12.0. The van der Waals surface area contributed by atoms with Crippen molar-refractivity contribution in [2.75, 3.05) is 25.0 Å². The fourth-order valence-electron chi connectivity index (χ4n) is 4.32. The van der Waals surface area contributed by atoms with Crippen LogP contribution in [0.5, 0.6) is 5.75 Å². The number of carboxylic acid groups (broad SMARTS) is 1. The third kappa shape index (κ3) is 4.36. The molecule has 0 spiro atoms. The van der Waals surface area contributed by atoms with Gasteiger partial charge in [-0.3, -0.25) is 4.90 Å². The van der Waals surface area contributed by atoms with Crippen molar-refractivity contribution >= 4 is 45.1 Å².